The van der Waals surface area contributed by atoms with Gasteiger partial charge < -0.3 is 19.3 Å². The Morgan fingerprint density at radius 1 is 1.57 bits per heavy atom. The van der Waals surface area contributed by atoms with Crippen LogP contribution in [0.5, 0.6) is 0 Å². The largest absolute Gasteiger partial charge is 0.378 e. The molecule has 0 spiro atoms. The first kappa shape index (κ1) is 16.0. The second-order valence-electron chi connectivity index (χ2n) is 5.93. The molecule has 0 radical (unpaired) electrons. The van der Waals surface area contributed by atoms with Gasteiger partial charge in [-0.25, -0.2) is 0 Å². The van der Waals surface area contributed by atoms with E-state index in [-0.39, 0.29) is 18.1 Å². The summed E-state index contributed by atoms with van der Waals surface area (Å²) in [5.74, 6) is 0.945. The van der Waals surface area contributed by atoms with Gasteiger partial charge in [-0.15, -0.1) is 0 Å². The van der Waals surface area contributed by atoms with E-state index < -0.39 is 0 Å². The number of aromatic nitrogens is 1. The molecule has 1 amide bonds. The number of carbonyl (C=O) groups excluding carboxylic acids is 1. The van der Waals surface area contributed by atoms with Gasteiger partial charge in [0.2, 0.25) is 0 Å². The molecular formula is C15H24N2O4. The molecule has 0 aromatic carbocycles. The first-order valence-corrected chi connectivity index (χ1v) is 7.45. The lowest BCUT2D eigenvalue weighted by atomic mass is 9.96. The van der Waals surface area contributed by atoms with Crippen LogP contribution in [0.1, 0.15) is 49.4 Å². The van der Waals surface area contributed by atoms with Gasteiger partial charge >= 0.3 is 0 Å². The third kappa shape index (κ3) is 4.82. The summed E-state index contributed by atoms with van der Waals surface area (Å²) in [5.41, 5.74) is 0.300. The molecule has 1 aromatic heterocycles. The first-order valence-electron chi connectivity index (χ1n) is 7.45. The van der Waals surface area contributed by atoms with Crippen LogP contribution in [0.3, 0.4) is 0 Å². The van der Waals surface area contributed by atoms with E-state index >= 15 is 0 Å². The van der Waals surface area contributed by atoms with E-state index in [1.54, 1.807) is 13.2 Å². The zero-order valence-electron chi connectivity index (χ0n) is 12.9. The van der Waals surface area contributed by atoms with Crippen molar-refractivity contribution in [2.45, 2.75) is 51.9 Å². The monoisotopic (exact) mass is 296 g/mol. The standard InChI is InChI=1S/C15H24N2O4/c1-10(2)6-12-7-11(4-5-20-12)16-15(18)14-8-13(9-19-3)21-17-14/h8,10-12H,4-7,9H2,1-3H3,(H,16,18)/t11-,12-/m1/s1. The Balaban J connectivity index is 1.86. The third-order valence-electron chi connectivity index (χ3n) is 3.51. The fraction of sp³-hybridized carbons (Fsp3) is 0.733. The molecule has 0 saturated carbocycles. The second kappa shape index (κ2) is 7.56. The molecule has 0 unspecified atom stereocenters. The minimum Gasteiger partial charge on any atom is -0.378 e. The molecule has 118 valence electrons. The maximum atomic E-state index is 12.1. The number of ether oxygens (including phenoxy) is 2. The first-order chi connectivity index (χ1) is 10.1. The number of amides is 1. The Bertz CT molecular complexity index is 458. The molecule has 6 heteroatoms. The smallest absolute Gasteiger partial charge is 0.273 e. The molecule has 2 rings (SSSR count). The summed E-state index contributed by atoms with van der Waals surface area (Å²) in [7, 11) is 1.57. The summed E-state index contributed by atoms with van der Waals surface area (Å²) >= 11 is 0. The summed E-state index contributed by atoms with van der Waals surface area (Å²) in [4.78, 5) is 12.1. The van der Waals surface area contributed by atoms with Crippen LogP contribution in [0.4, 0.5) is 0 Å². The van der Waals surface area contributed by atoms with Crippen LogP contribution >= 0.6 is 0 Å². The van der Waals surface area contributed by atoms with E-state index in [1.807, 2.05) is 0 Å². The Morgan fingerprint density at radius 2 is 2.38 bits per heavy atom. The van der Waals surface area contributed by atoms with Crippen LogP contribution in [0.2, 0.25) is 0 Å². The van der Waals surface area contributed by atoms with Gasteiger partial charge in [0.25, 0.3) is 5.91 Å². The van der Waals surface area contributed by atoms with E-state index in [0.717, 1.165) is 19.3 Å². The average molecular weight is 296 g/mol. The summed E-state index contributed by atoms with van der Waals surface area (Å²) in [6.07, 6.45) is 2.94. The Labute approximate surface area is 125 Å². The van der Waals surface area contributed by atoms with Gasteiger partial charge in [0, 0.05) is 25.8 Å². The van der Waals surface area contributed by atoms with Gasteiger partial charge in [0.1, 0.15) is 6.61 Å². The number of nitrogens with one attached hydrogen (secondary N) is 1. The fourth-order valence-corrected chi connectivity index (χ4v) is 2.59. The topological polar surface area (TPSA) is 73.6 Å². The number of methoxy groups -OCH3 is 1. The van der Waals surface area contributed by atoms with E-state index in [2.05, 4.69) is 24.3 Å². The maximum Gasteiger partial charge on any atom is 0.273 e. The Kier molecular flexibility index (Phi) is 5.76. The van der Waals surface area contributed by atoms with Gasteiger partial charge in [-0.05, 0) is 25.2 Å². The fourth-order valence-electron chi connectivity index (χ4n) is 2.59. The van der Waals surface area contributed by atoms with Crippen LogP contribution < -0.4 is 5.32 Å². The molecule has 1 aromatic rings. The molecule has 2 atom stereocenters. The zero-order chi connectivity index (χ0) is 15.2. The highest BCUT2D eigenvalue weighted by atomic mass is 16.5. The van der Waals surface area contributed by atoms with Gasteiger partial charge in [-0.2, -0.15) is 0 Å². The van der Waals surface area contributed by atoms with Gasteiger partial charge in [0.05, 0.1) is 6.10 Å². The van der Waals surface area contributed by atoms with E-state index in [0.29, 0.717) is 30.6 Å². The van der Waals surface area contributed by atoms with Crippen molar-refractivity contribution in [3.63, 3.8) is 0 Å². The van der Waals surface area contributed by atoms with Crippen molar-refractivity contribution in [3.05, 3.63) is 17.5 Å². The van der Waals surface area contributed by atoms with Crippen LogP contribution in [-0.4, -0.2) is 36.9 Å². The van der Waals surface area contributed by atoms with Crippen molar-refractivity contribution >= 4 is 5.91 Å². The molecule has 1 saturated heterocycles. The van der Waals surface area contributed by atoms with Crippen molar-refractivity contribution in [2.75, 3.05) is 13.7 Å². The predicted molar refractivity (Wildman–Crippen MR) is 76.9 cm³/mol. The molecule has 1 aliphatic heterocycles. The van der Waals surface area contributed by atoms with E-state index in [4.69, 9.17) is 14.0 Å². The number of hydrogen-bond donors (Lipinski definition) is 1. The molecule has 1 N–H and O–H groups in total. The van der Waals surface area contributed by atoms with Crippen molar-refractivity contribution < 1.29 is 18.8 Å². The highest BCUT2D eigenvalue weighted by Gasteiger charge is 2.25. The van der Waals surface area contributed by atoms with E-state index in [9.17, 15) is 4.79 Å². The van der Waals surface area contributed by atoms with Crippen LogP contribution in [0.15, 0.2) is 10.6 Å². The van der Waals surface area contributed by atoms with Crippen LogP contribution in [-0.2, 0) is 16.1 Å². The normalized spacial score (nSPS) is 22.5. The summed E-state index contributed by atoms with van der Waals surface area (Å²) < 4.78 is 15.7. The Hall–Kier alpha value is -1.40. The average Bonchev–Trinajstić information content (AvgIpc) is 2.87. The minimum atomic E-state index is -0.198. The van der Waals surface area contributed by atoms with Crippen molar-refractivity contribution in [1.82, 2.24) is 10.5 Å². The molecule has 6 nitrogen and oxygen atoms in total. The molecule has 1 aliphatic rings. The molecular weight excluding hydrogens is 272 g/mol. The predicted octanol–water partition coefficient (Wildman–Crippen LogP) is 2.14. The Morgan fingerprint density at radius 3 is 3.10 bits per heavy atom. The number of nitrogens with zero attached hydrogens (tertiary/aromatic N) is 1. The highest BCUT2D eigenvalue weighted by Crippen LogP contribution is 2.20. The lowest BCUT2D eigenvalue weighted by molar-refractivity contribution is -0.00851. The SMILES string of the molecule is COCc1cc(C(=O)N[C@@H]2CCO[C@H](CC(C)C)C2)no1. The molecule has 2 heterocycles. The molecule has 0 aliphatic carbocycles. The summed E-state index contributed by atoms with van der Waals surface area (Å²) in [6.45, 7) is 5.36. The molecule has 1 fully saturated rings. The maximum absolute atomic E-state index is 12.1. The number of hydrogen-bond acceptors (Lipinski definition) is 5. The lowest BCUT2D eigenvalue weighted by Crippen LogP contribution is -2.42. The van der Waals surface area contributed by atoms with E-state index in [1.165, 1.54) is 0 Å². The summed E-state index contributed by atoms with van der Waals surface area (Å²) in [6, 6.07) is 1.75. The zero-order valence-corrected chi connectivity index (χ0v) is 12.9. The number of carbonyl (C=O) groups is 1. The lowest BCUT2D eigenvalue weighted by Gasteiger charge is -2.30. The van der Waals surface area contributed by atoms with Gasteiger partial charge in [-0.3, -0.25) is 4.79 Å². The van der Waals surface area contributed by atoms with Gasteiger partial charge in [0.15, 0.2) is 11.5 Å². The number of rotatable bonds is 6. The quantitative estimate of drug-likeness (QED) is 0.870. The van der Waals surface area contributed by atoms with Crippen molar-refractivity contribution in [1.29, 1.82) is 0 Å². The second-order valence-corrected chi connectivity index (χ2v) is 5.93. The molecule has 0 bridgehead atoms. The minimum absolute atomic E-state index is 0.137. The summed E-state index contributed by atoms with van der Waals surface area (Å²) in [5, 5.41) is 6.78. The van der Waals surface area contributed by atoms with Crippen molar-refractivity contribution in [2.24, 2.45) is 5.92 Å². The molecule has 21 heavy (non-hydrogen) atoms. The van der Waals surface area contributed by atoms with Crippen LogP contribution in [0.25, 0.3) is 0 Å². The van der Waals surface area contributed by atoms with Crippen molar-refractivity contribution in [3.8, 4) is 0 Å². The van der Waals surface area contributed by atoms with Gasteiger partial charge in [-0.1, -0.05) is 19.0 Å². The third-order valence-corrected chi connectivity index (χ3v) is 3.51. The van der Waals surface area contributed by atoms with Crippen LogP contribution in [0, 0.1) is 5.92 Å². The highest BCUT2D eigenvalue weighted by molar-refractivity contribution is 5.92.